The molecule has 0 aromatic carbocycles. The van der Waals surface area contributed by atoms with Crippen LogP contribution in [0, 0.1) is 0 Å². The molecule has 4 rings (SSSR count). The maximum atomic E-state index is 13.4. The molecule has 0 saturated carbocycles. The second-order valence-electron chi connectivity index (χ2n) is 8.72. The Morgan fingerprint density at radius 2 is 2.03 bits per heavy atom. The molecule has 1 saturated heterocycles. The molecule has 7 nitrogen and oxygen atoms in total. The Labute approximate surface area is 196 Å². The van der Waals surface area contributed by atoms with Gasteiger partial charge >= 0.3 is 0 Å². The molecule has 2 N–H and O–H groups in total. The summed E-state index contributed by atoms with van der Waals surface area (Å²) < 4.78 is 1.04. The molecule has 3 heterocycles. The summed E-state index contributed by atoms with van der Waals surface area (Å²) in [7, 11) is 0. The standard InChI is InChI=1S/C22H30BrN5O2S/c1-13(2)24-11-15(17-4-5-18(23)31-17)22(30)28-8-6-27(7-9-28)21-19-14(3)10-16(29)20(19)25-12-26-21/h4-5,12-16,24,29H,6-11H2,1-3H3/t14-,15-,16-/m1/s1. The van der Waals surface area contributed by atoms with Gasteiger partial charge in [0.1, 0.15) is 12.1 Å². The largest absolute Gasteiger partial charge is 0.387 e. The highest BCUT2D eigenvalue weighted by atomic mass is 79.9. The first-order valence-electron chi connectivity index (χ1n) is 10.9. The van der Waals surface area contributed by atoms with E-state index in [1.165, 1.54) is 0 Å². The molecule has 1 fully saturated rings. The summed E-state index contributed by atoms with van der Waals surface area (Å²) in [6, 6.07) is 4.39. The van der Waals surface area contributed by atoms with Crippen molar-refractivity contribution in [2.75, 3.05) is 37.6 Å². The third kappa shape index (κ3) is 4.79. The van der Waals surface area contributed by atoms with Crippen LogP contribution in [-0.4, -0.2) is 64.6 Å². The van der Waals surface area contributed by atoms with Gasteiger partial charge in [0.15, 0.2) is 0 Å². The van der Waals surface area contributed by atoms with Crippen molar-refractivity contribution in [2.45, 2.75) is 51.2 Å². The number of piperazine rings is 1. The zero-order valence-electron chi connectivity index (χ0n) is 18.2. The number of thiophene rings is 1. The maximum absolute atomic E-state index is 13.4. The molecule has 1 aliphatic carbocycles. The minimum absolute atomic E-state index is 0.177. The van der Waals surface area contributed by atoms with Crippen LogP contribution >= 0.6 is 27.3 Å². The fourth-order valence-corrected chi connectivity index (χ4v) is 6.01. The zero-order valence-corrected chi connectivity index (χ0v) is 20.6. The maximum Gasteiger partial charge on any atom is 0.232 e. The monoisotopic (exact) mass is 507 g/mol. The Bertz CT molecular complexity index is 928. The molecule has 1 aliphatic heterocycles. The van der Waals surface area contributed by atoms with Crippen molar-refractivity contribution in [3.05, 3.63) is 38.4 Å². The SMILES string of the molecule is CC(C)NC[C@@H](C(=O)N1CCN(c2ncnc3c2[C@H](C)C[C@H]3O)CC1)c1ccc(Br)s1. The zero-order chi connectivity index (χ0) is 22.1. The number of carbonyl (C=O) groups excluding carboxylic acids is 1. The Morgan fingerprint density at radius 1 is 1.29 bits per heavy atom. The summed E-state index contributed by atoms with van der Waals surface area (Å²) in [6.07, 6.45) is 1.74. The van der Waals surface area contributed by atoms with E-state index in [1.807, 2.05) is 17.0 Å². The van der Waals surface area contributed by atoms with Crippen LogP contribution < -0.4 is 10.2 Å². The summed E-state index contributed by atoms with van der Waals surface area (Å²) in [4.78, 5) is 27.6. The number of aliphatic hydroxyl groups excluding tert-OH is 1. The number of anilines is 1. The molecule has 1 amide bonds. The van der Waals surface area contributed by atoms with Gasteiger partial charge in [0.05, 0.1) is 21.5 Å². The number of aromatic nitrogens is 2. The second-order valence-corrected chi connectivity index (χ2v) is 11.2. The van der Waals surface area contributed by atoms with E-state index in [9.17, 15) is 9.90 Å². The first-order chi connectivity index (χ1) is 14.8. The highest BCUT2D eigenvalue weighted by Gasteiger charge is 2.35. The van der Waals surface area contributed by atoms with Crippen molar-refractivity contribution in [1.82, 2.24) is 20.2 Å². The van der Waals surface area contributed by atoms with Crippen molar-refractivity contribution in [2.24, 2.45) is 0 Å². The van der Waals surface area contributed by atoms with Gasteiger partial charge in [-0.25, -0.2) is 9.97 Å². The number of amides is 1. The Hall–Kier alpha value is -1.55. The van der Waals surface area contributed by atoms with Crippen molar-refractivity contribution < 1.29 is 9.90 Å². The number of fused-ring (bicyclic) bond motifs is 1. The average Bonchev–Trinajstić information content (AvgIpc) is 3.31. The molecule has 2 aromatic rings. The summed E-state index contributed by atoms with van der Waals surface area (Å²) in [6.45, 7) is 9.75. The normalized spacial score (nSPS) is 22.1. The number of nitrogens with one attached hydrogen (secondary N) is 1. The van der Waals surface area contributed by atoms with Gasteiger partial charge in [0, 0.05) is 49.2 Å². The van der Waals surface area contributed by atoms with Crippen LogP contribution in [0.5, 0.6) is 0 Å². The number of carbonyl (C=O) groups is 1. The van der Waals surface area contributed by atoms with E-state index in [1.54, 1.807) is 17.7 Å². The lowest BCUT2D eigenvalue weighted by molar-refractivity contribution is -0.133. The molecular weight excluding hydrogens is 478 g/mol. The van der Waals surface area contributed by atoms with Gasteiger partial charge in [-0.3, -0.25) is 4.79 Å². The molecule has 0 spiro atoms. The van der Waals surface area contributed by atoms with E-state index < -0.39 is 6.10 Å². The Kier molecular flexibility index (Phi) is 6.95. The minimum atomic E-state index is -0.506. The van der Waals surface area contributed by atoms with Gasteiger partial charge in [-0.15, -0.1) is 11.3 Å². The van der Waals surface area contributed by atoms with Crippen LogP contribution in [0.25, 0.3) is 0 Å². The third-order valence-corrected chi connectivity index (χ3v) is 7.87. The molecule has 168 valence electrons. The highest BCUT2D eigenvalue weighted by Crippen LogP contribution is 2.42. The van der Waals surface area contributed by atoms with Crippen LogP contribution in [0.15, 0.2) is 22.2 Å². The van der Waals surface area contributed by atoms with Gasteiger partial charge in [0.25, 0.3) is 0 Å². The smallest absolute Gasteiger partial charge is 0.232 e. The van der Waals surface area contributed by atoms with Crippen LogP contribution in [-0.2, 0) is 4.79 Å². The summed E-state index contributed by atoms with van der Waals surface area (Å²) in [5.74, 6) is 1.16. The topological polar surface area (TPSA) is 81.6 Å². The van der Waals surface area contributed by atoms with Gasteiger partial charge in [-0.2, -0.15) is 0 Å². The number of hydrogen-bond donors (Lipinski definition) is 2. The molecule has 9 heteroatoms. The van der Waals surface area contributed by atoms with Gasteiger partial charge in [-0.05, 0) is 40.4 Å². The van der Waals surface area contributed by atoms with Crippen molar-refractivity contribution in [1.29, 1.82) is 0 Å². The Balaban J connectivity index is 1.46. The number of rotatable bonds is 6. The van der Waals surface area contributed by atoms with Crippen molar-refractivity contribution >= 4 is 39.0 Å². The quantitative estimate of drug-likeness (QED) is 0.624. The second kappa shape index (κ2) is 9.52. The first kappa shape index (κ1) is 22.6. The van der Waals surface area contributed by atoms with E-state index in [2.05, 4.69) is 56.9 Å². The van der Waals surface area contributed by atoms with E-state index in [-0.39, 0.29) is 17.7 Å². The fraction of sp³-hybridized carbons (Fsp3) is 0.591. The first-order valence-corrected chi connectivity index (χ1v) is 12.5. The van der Waals surface area contributed by atoms with Crippen LogP contribution in [0.1, 0.15) is 61.3 Å². The molecular formula is C22H30BrN5O2S. The fourth-order valence-electron chi connectivity index (χ4n) is 4.49. The van der Waals surface area contributed by atoms with E-state index in [4.69, 9.17) is 0 Å². The van der Waals surface area contributed by atoms with E-state index in [0.717, 1.165) is 38.8 Å². The predicted molar refractivity (Wildman–Crippen MR) is 127 cm³/mol. The average molecular weight is 508 g/mol. The molecule has 0 unspecified atom stereocenters. The number of aliphatic hydroxyl groups is 1. The number of halogens is 1. The molecule has 0 bridgehead atoms. The molecule has 3 atom stereocenters. The van der Waals surface area contributed by atoms with E-state index in [0.29, 0.717) is 32.1 Å². The lowest BCUT2D eigenvalue weighted by Gasteiger charge is -2.38. The molecule has 2 aromatic heterocycles. The summed E-state index contributed by atoms with van der Waals surface area (Å²) in [5, 5.41) is 13.7. The number of hydrogen-bond acceptors (Lipinski definition) is 7. The Morgan fingerprint density at radius 3 is 2.68 bits per heavy atom. The van der Waals surface area contributed by atoms with Crippen LogP contribution in [0.3, 0.4) is 0 Å². The van der Waals surface area contributed by atoms with Gasteiger partial charge in [0.2, 0.25) is 5.91 Å². The lowest BCUT2D eigenvalue weighted by Crippen LogP contribution is -2.51. The van der Waals surface area contributed by atoms with E-state index >= 15 is 0 Å². The van der Waals surface area contributed by atoms with Gasteiger partial charge in [-0.1, -0.05) is 20.8 Å². The van der Waals surface area contributed by atoms with Crippen molar-refractivity contribution in [3.63, 3.8) is 0 Å². The van der Waals surface area contributed by atoms with Crippen molar-refractivity contribution in [3.8, 4) is 0 Å². The lowest BCUT2D eigenvalue weighted by atomic mass is 10.0. The van der Waals surface area contributed by atoms with Gasteiger partial charge < -0.3 is 20.2 Å². The van der Waals surface area contributed by atoms with Crippen LogP contribution in [0.2, 0.25) is 0 Å². The predicted octanol–water partition coefficient (Wildman–Crippen LogP) is 3.27. The molecule has 31 heavy (non-hydrogen) atoms. The summed E-state index contributed by atoms with van der Waals surface area (Å²) in [5.41, 5.74) is 1.83. The minimum Gasteiger partial charge on any atom is -0.387 e. The molecule has 2 aliphatic rings. The number of nitrogens with zero attached hydrogens (tertiary/aromatic N) is 4. The summed E-state index contributed by atoms with van der Waals surface area (Å²) >= 11 is 5.16. The third-order valence-electron chi connectivity index (χ3n) is 6.14. The molecule has 0 radical (unpaired) electrons. The highest BCUT2D eigenvalue weighted by molar-refractivity contribution is 9.11. The van der Waals surface area contributed by atoms with Crippen LogP contribution in [0.4, 0.5) is 5.82 Å².